The van der Waals surface area contributed by atoms with Crippen molar-refractivity contribution < 1.29 is 218 Å². The molecule has 0 fully saturated rings. The standard InChI is InChI=1S/C29H31N5O22S6.4Na/c1-48-19-5-4-16(59(38,39)8-6-51-58-56-54-37)12-17(19)31-33-27-22(57-55-53-36)10-15-11-24(61(42,43)44)28(26(30)25(15)29(27)35)34-32-18-13-21(50-3)23(14-20(18)49-2)60(40,41)9-7-52-62(45,46)47;;;;/h4-5,10-14,35-37H,6-9,30H2,1-3H3,(H,42,43,44)(H,45,46,47);;;;/q;4*+1/p-4. The summed E-state index contributed by atoms with van der Waals surface area (Å²) in [4.78, 5) is -2.32. The van der Waals surface area contributed by atoms with E-state index in [9.17, 15) is 58.4 Å². The monoisotopic (exact) mass is 1080 g/mol. The largest absolute Gasteiger partial charge is 1.00 e. The number of azo groups is 2. The van der Waals surface area contributed by atoms with Crippen LogP contribution in [0.15, 0.2) is 82.5 Å². The van der Waals surface area contributed by atoms with Crippen molar-refractivity contribution in [1.29, 1.82) is 0 Å². The Morgan fingerprint density at radius 3 is 1.80 bits per heavy atom. The number of nitrogens with two attached hydrogens (primary N) is 1. The summed E-state index contributed by atoms with van der Waals surface area (Å²) in [6, 6.07) is 7.00. The van der Waals surface area contributed by atoms with E-state index in [-0.39, 0.29) is 181 Å². The number of ether oxygens (including phenoxy) is 3. The first-order valence-electron chi connectivity index (χ1n) is 15.9. The van der Waals surface area contributed by atoms with Gasteiger partial charge >= 0.3 is 118 Å². The maximum atomic E-state index is 13.0. The van der Waals surface area contributed by atoms with E-state index in [0.29, 0.717) is 0 Å². The fourth-order valence-electron chi connectivity index (χ4n) is 5.02. The van der Waals surface area contributed by atoms with E-state index < -0.39 is 109 Å². The molecule has 0 aliphatic carbocycles. The van der Waals surface area contributed by atoms with Crippen molar-refractivity contribution in [2.45, 2.75) is 19.6 Å². The maximum absolute atomic E-state index is 13.0. The minimum absolute atomic E-state index is 0. The molecule has 0 bridgehead atoms. The normalized spacial score (nSPS) is 12.0. The average Bonchev–Trinajstić information content (AvgIpc) is 3.20. The number of benzene rings is 4. The Hall–Kier alpha value is -0.560. The van der Waals surface area contributed by atoms with E-state index in [1.807, 2.05) is 0 Å². The number of methoxy groups -OCH3 is 3. The first kappa shape index (κ1) is 65.4. The summed E-state index contributed by atoms with van der Waals surface area (Å²) >= 11 is 0.224. The molecule has 0 aromatic heterocycles. The Balaban J connectivity index is 0.0000106. The molecule has 0 radical (unpaired) electrons. The van der Waals surface area contributed by atoms with Crippen molar-refractivity contribution in [3.63, 3.8) is 0 Å². The molecule has 0 atom stereocenters. The number of hydrogen-bond donors (Lipinski definition) is 2. The number of nitrogens with zero attached hydrogens (tertiary/aromatic N) is 4. The van der Waals surface area contributed by atoms with Crippen molar-refractivity contribution >= 4 is 104 Å². The van der Waals surface area contributed by atoms with Crippen molar-refractivity contribution in [3.05, 3.63) is 42.5 Å². The second-order valence-electron chi connectivity index (χ2n) is 11.3. The van der Waals surface area contributed by atoms with Gasteiger partial charge in [0.05, 0.1) is 83.9 Å². The molecule has 0 amide bonds. The first-order chi connectivity index (χ1) is 29.1. The Kier molecular flexibility index (Phi) is 28.8. The molecular formula is C29H27N5Na4O22S6. The summed E-state index contributed by atoms with van der Waals surface area (Å²) in [5.74, 6) is -3.36. The summed E-state index contributed by atoms with van der Waals surface area (Å²) in [7, 11) is -15.9. The summed E-state index contributed by atoms with van der Waals surface area (Å²) in [6.45, 7) is -1.51. The van der Waals surface area contributed by atoms with Gasteiger partial charge in [0.2, 0.25) is 10.4 Å². The third-order valence-electron chi connectivity index (χ3n) is 7.68. The van der Waals surface area contributed by atoms with Crippen molar-refractivity contribution in [2.24, 2.45) is 20.5 Å². The average molecular weight is 1080 g/mol. The number of rotatable bonds is 23. The van der Waals surface area contributed by atoms with Crippen LogP contribution < -0.4 is 149 Å². The molecule has 4 aromatic carbocycles. The molecule has 37 heteroatoms. The number of hydrogen-bond acceptors (Lipinski definition) is 29. The molecule has 0 saturated heterocycles. The van der Waals surface area contributed by atoms with E-state index in [4.69, 9.17) is 24.1 Å². The number of phenols is 1. The van der Waals surface area contributed by atoms with Gasteiger partial charge in [0, 0.05) is 12.1 Å². The fourth-order valence-corrected chi connectivity index (χ4v) is 9.25. The molecule has 0 saturated carbocycles. The Bertz CT molecular complexity index is 2830. The predicted octanol–water partition coefficient (Wildman–Crippen LogP) is -10.0. The van der Waals surface area contributed by atoms with Crippen LogP contribution in [0.25, 0.3) is 10.8 Å². The van der Waals surface area contributed by atoms with Crippen LogP contribution in [0.1, 0.15) is 0 Å². The molecule has 340 valence electrons. The minimum atomic E-state index is -5.49. The topological polar surface area (TPSA) is 408 Å². The third-order valence-corrected chi connectivity index (χ3v) is 13.3. The van der Waals surface area contributed by atoms with Gasteiger partial charge < -0.3 is 44.7 Å². The van der Waals surface area contributed by atoms with Crippen molar-refractivity contribution in [1.82, 2.24) is 0 Å². The first-order valence-corrected chi connectivity index (χ1v) is 23.4. The third kappa shape index (κ3) is 17.6. The molecule has 0 aliphatic heterocycles. The molecule has 0 heterocycles. The van der Waals surface area contributed by atoms with Crippen LogP contribution in [0.5, 0.6) is 23.0 Å². The summed E-state index contributed by atoms with van der Waals surface area (Å²) < 4.78 is 155. The van der Waals surface area contributed by atoms with Crippen LogP contribution in [0, 0.1) is 0 Å². The molecule has 3 N–H and O–H groups in total. The van der Waals surface area contributed by atoms with Gasteiger partial charge in [-0.25, -0.2) is 33.7 Å². The van der Waals surface area contributed by atoms with E-state index >= 15 is 0 Å². The van der Waals surface area contributed by atoms with Crippen LogP contribution >= 0.6 is 24.4 Å². The predicted molar refractivity (Wildman–Crippen MR) is 202 cm³/mol. The second kappa shape index (κ2) is 29.1. The number of anilines is 1. The number of nitrogen functional groups attached to an aromatic ring is 1. The van der Waals surface area contributed by atoms with E-state index in [0.717, 1.165) is 50.6 Å². The van der Waals surface area contributed by atoms with E-state index in [1.54, 1.807) is 0 Å². The zero-order valence-corrected chi connectivity index (χ0v) is 48.1. The van der Waals surface area contributed by atoms with Gasteiger partial charge in [0.15, 0.2) is 37.7 Å². The Labute approximate surface area is 472 Å². The van der Waals surface area contributed by atoms with Gasteiger partial charge in [-0.15, -0.1) is 24.8 Å². The zero-order chi connectivity index (χ0) is 46.0. The summed E-state index contributed by atoms with van der Waals surface area (Å²) in [6.07, 6.45) is 0. The van der Waals surface area contributed by atoms with Crippen LogP contribution in [0.4, 0.5) is 28.4 Å². The molecule has 4 aromatic rings. The molecule has 0 spiro atoms. The molecular weight excluding hydrogens is 1050 g/mol. The zero-order valence-electron chi connectivity index (χ0n) is 35.2. The SMILES string of the molecule is COc1cc(S(=O)(=O)CCOS(=O)(=O)[O-])c(OC)cc1N=Nc1c(S(=O)(=O)[O-])cc2cc(SOO[O-])c(N=Nc3cc(S(=O)(=O)CCOSOO[O-])ccc3OC)c(O)c2c1N.[Na+].[Na+].[Na+].[Na+]. The van der Waals surface area contributed by atoms with Gasteiger partial charge in [-0.2, -0.15) is 4.33 Å². The number of fused-ring (bicyclic) bond motifs is 1. The van der Waals surface area contributed by atoms with Crippen molar-refractivity contribution in [3.8, 4) is 23.0 Å². The maximum Gasteiger partial charge on any atom is 1.00 e. The number of phenolic OH excluding ortho intramolecular Hbond substituents is 1. The van der Waals surface area contributed by atoms with Crippen LogP contribution in [-0.4, -0.2) is 93.9 Å². The van der Waals surface area contributed by atoms with Crippen LogP contribution in [-0.2, 0) is 67.3 Å². The Morgan fingerprint density at radius 2 is 1.24 bits per heavy atom. The van der Waals surface area contributed by atoms with Crippen LogP contribution in [0.2, 0.25) is 0 Å². The van der Waals surface area contributed by atoms with Gasteiger partial charge in [-0.05, 0) is 35.7 Å². The second-order valence-corrected chi connectivity index (χ2v) is 19.1. The number of aromatic hydroxyl groups is 1. The molecule has 27 nitrogen and oxygen atoms in total. The van der Waals surface area contributed by atoms with Crippen LogP contribution in [0.3, 0.4) is 0 Å². The smallest absolute Gasteiger partial charge is 0.744 e. The summed E-state index contributed by atoms with van der Waals surface area (Å²) in [5.41, 5.74) is 3.58. The fraction of sp³-hybridized carbons (Fsp3) is 0.241. The quantitative estimate of drug-likeness (QED) is 0.00801. The molecule has 0 aliphatic rings. The number of sulfone groups is 2. The van der Waals surface area contributed by atoms with Gasteiger partial charge in [0.25, 0.3) is 0 Å². The van der Waals surface area contributed by atoms with Gasteiger partial charge in [-0.1, -0.05) is 0 Å². The van der Waals surface area contributed by atoms with Gasteiger partial charge in [-0.3, -0.25) is 18.4 Å². The molecule has 66 heavy (non-hydrogen) atoms. The summed E-state index contributed by atoms with van der Waals surface area (Å²) in [5, 5.41) is 53.6. The molecule has 4 rings (SSSR count). The van der Waals surface area contributed by atoms with E-state index in [1.165, 1.54) is 13.2 Å². The van der Waals surface area contributed by atoms with Gasteiger partial charge in [0.1, 0.15) is 55.0 Å². The van der Waals surface area contributed by atoms with E-state index in [2.05, 4.69) is 43.4 Å². The Morgan fingerprint density at radius 1 is 0.667 bits per heavy atom. The minimum Gasteiger partial charge on any atom is -0.744 e. The molecule has 0 unspecified atom stereocenters. The van der Waals surface area contributed by atoms with Crippen molar-refractivity contribution in [2.75, 3.05) is 51.8 Å².